The molecule has 1 heterocycles. The van der Waals surface area contributed by atoms with Crippen molar-refractivity contribution in [2.45, 2.75) is 38.9 Å². The molecule has 0 N–H and O–H groups in total. The number of sulfone groups is 1. The second kappa shape index (κ2) is 6.83. The predicted octanol–water partition coefficient (Wildman–Crippen LogP) is 1.31. The van der Waals surface area contributed by atoms with Gasteiger partial charge in [0.2, 0.25) is 5.89 Å². The molecule has 20 heavy (non-hydrogen) atoms. The Morgan fingerprint density at radius 3 is 2.55 bits per heavy atom. The first kappa shape index (κ1) is 16.6. The minimum Gasteiger partial charge on any atom is -0.465 e. The molecule has 0 aromatic carbocycles. The van der Waals surface area contributed by atoms with Crippen LogP contribution in [0.2, 0.25) is 0 Å². The fourth-order valence-electron chi connectivity index (χ4n) is 1.71. The third-order valence-corrected chi connectivity index (χ3v) is 3.23. The molecule has 0 fully saturated rings. The maximum atomic E-state index is 11.9. The van der Waals surface area contributed by atoms with Gasteiger partial charge in [-0.3, -0.25) is 4.79 Å². The fourth-order valence-corrected chi connectivity index (χ4v) is 2.30. The summed E-state index contributed by atoms with van der Waals surface area (Å²) in [6, 6.07) is 0. The zero-order chi connectivity index (χ0) is 15.3. The van der Waals surface area contributed by atoms with Gasteiger partial charge in [-0.15, -0.1) is 0 Å². The van der Waals surface area contributed by atoms with Crippen molar-refractivity contribution in [1.82, 2.24) is 10.1 Å². The molecule has 0 amide bonds. The summed E-state index contributed by atoms with van der Waals surface area (Å²) in [5, 5.41) is 3.60. The van der Waals surface area contributed by atoms with Gasteiger partial charge in [-0.1, -0.05) is 19.0 Å². The smallest absolute Gasteiger partial charge is 0.318 e. The van der Waals surface area contributed by atoms with Crippen LogP contribution in [0.4, 0.5) is 0 Å². The van der Waals surface area contributed by atoms with E-state index in [2.05, 4.69) is 10.1 Å². The van der Waals surface area contributed by atoms with Crippen LogP contribution in [0.25, 0.3) is 0 Å². The lowest BCUT2D eigenvalue weighted by molar-refractivity contribution is -0.146. The molecule has 1 rings (SSSR count). The lowest BCUT2D eigenvalue weighted by Gasteiger charge is -2.13. The average Bonchev–Trinajstić information content (AvgIpc) is 2.71. The van der Waals surface area contributed by atoms with Crippen molar-refractivity contribution in [1.29, 1.82) is 0 Å². The van der Waals surface area contributed by atoms with Crippen LogP contribution < -0.4 is 0 Å². The first-order valence-electron chi connectivity index (χ1n) is 6.39. The van der Waals surface area contributed by atoms with Gasteiger partial charge in [0.05, 0.1) is 6.61 Å². The predicted molar refractivity (Wildman–Crippen MR) is 71.7 cm³/mol. The van der Waals surface area contributed by atoms with Crippen LogP contribution in [0.1, 0.15) is 44.8 Å². The van der Waals surface area contributed by atoms with E-state index in [1.807, 2.05) is 13.8 Å². The monoisotopic (exact) mass is 304 g/mol. The van der Waals surface area contributed by atoms with Gasteiger partial charge in [-0.2, -0.15) is 4.98 Å². The van der Waals surface area contributed by atoms with Gasteiger partial charge in [0, 0.05) is 6.26 Å². The maximum absolute atomic E-state index is 11.9. The summed E-state index contributed by atoms with van der Waals surface area (Å²) in [6.45, 7) is 5.89. The molecule has 0 bridgehead atoms. The van der Waals surface area contributed by atoms with Gasteiger partial charge in [0.25, 0.3) is 0 Å². The fraction of sp³-hybridized carbons (Fsp3) is 0.750. The molecular weight excluding hydrogens is 284 g/mol. The highest BCUT2D eigenvalue weighted by Crippen LogP contribution is 2.24. The number of aromatic nitrogens is 2. The van der Waals surface area contributed by atoms with Crippen LogP contribution in [0.5, 0.6) is 0 Å². The summed E-state index contributed by atoms with van der Waals surface area (Å²) in [5.41, 5.74) is 0. The van der Waals surface area contributed by atoms with Crippen LogP contribution in [0, 0.1) is 5.92 Å². The number of hydrogen-bond donors (Lipinski definition) is 0. The SMILES string of the molecule is CCOC(=O)C(CC(C)C)c1nc(CS(C)(=O)=O)no1. The number of nitrogens with zero attached hydrogens (tertiary/aromatic N) is 2. The zero-order valence-corrected chi connectivity index (χ0v) is 12.9. The van der Waals surface area contributed by atoms with E-state index in [4.69, 9.17) is 9.26 Å². The average molecular weight is 304 g/mol. The summed E-state index contributed by atoms with van der Waals surface area (Å²) >= 11 is 0. The molecule has 0 spiro atoms. The van der Waals surface area contributed by atoms with Crippen LogP contribution in [0.3, 0.4) is 0 Å². The molecule has 1 aromatic rings. The Morgan fingerprint density at radius 2 is 2.05 bits per heavy atom. The van der Waals surface area contributed by atoms with Crippen molar-refractivity contribution in [3.63, 3.8) is 0 Å². The van der Waals surface area contributed by atoms with E-state index in [1.54, 1.807) is 6.92 Å². The summed E-state index contributed by atoms with van der Waals surface area (Å²) in [4.78, 5) is 15.9. The Labute approximate surface area is 118 Å². The Kier molecular flexibility index (Phi) is 5.67. The van der Waals surface area contributed by atoms with Crippen LogP contribution in [0.15, 0.2) is 4.52 Å². The number of rotatable bonds is 7. The topological polar surface area (TPSA) is 99.4 Å². The molecule has 114 valence electrons. The minimum atomic E-state index is -3.24. The largest absolute Gasteiger partial charge is 0.465 e. The summed E-state index contributed by atoms with van der Waals surface area (Å²) in [6.07, 6.45) is 1.58. The second-order valence-corrected chi connectivity index (χ2v) is 7.19. The van der Waals surface area contributed by atoms with Crippen molar-refractivity contribution in [2.75, 3.05) is 12.9 Å². The second-order valence-electron chi connectivity index (χ2n) is 5.05. The third kappa shape index (κ3) is 5.28. The van der Waals surface area contributed by atoms with Gasteiger partial charge < -0.3 is 9.26 Å². The maximum Gasteiger partial charge on any atom is 0.318 e. The number of carbonyl (C=O) groups is 1. The van der Waals surface area contributed by atoms with Crippen molar-refractivity contribution >= 4 is 15.8 Å². The molecule has 7 nitrogen and oxygen atoms in total. The normalized spacial score (nSPS) is 13.4. The first-order chi connectivity index (χ1) is 9.23. The Balaban J connectivity index is 2.94. The lowest BCUT2D eigenvalue weighted by Crippen LogP contribution is -2.18. The van der Waals surface area contributed by atoms with Gasteiger partial charge in [0.15, 0.2) is 15.7 Å². The Morgan fingerprint density at radius 1 is 1.40 bits per heavy atom. The molecule has 0 aliphatic rings. The van der Waals surface area contributed by atoms with Crippen LogP contribution >= 0.6 is 0 Å². The number of carbonyl (C=O) groups excluding carboxylic acids is 1. The van der Waals surface area contributed by atoms with Gasteiger partial charge in [-0.05, 0) is 19.3 Å². The van der Waals surface area contributed by atoms with E-state index in [1.165, 1.54) is 0 Å². The van der Waals surface area contributed by atoms with Crippen molar-refractivity contribution in [3.05, 3.63) is 11.7 Å². The van der Waals surface area contributed by atoms with Gasteiger partial charge in [0.1, 0.15) is 11.7 Å². The molecule has 0 saturated carbocycles. The highest BCUT2D eigenvalue weighted by atomic mass is 32.2. The van der Waals surface area contributed by atoms with Crippen molar-refractivity contribution < 1.29 is 22.5 Å². The standard InChI is InChI=1S/C12H20N2O5S/c1-5-18-12(15)9(6-8(2)3)11-13-10(14-19-11)7-20(4,16)17/h8-9H,5-7H2,1-4H3. The molecule has 8 heteroatoms. The van der Waals surface area contributed by atoms with E-state index in [-0.39, 0.29) is 30.0 Å². The lowest BCUT2D eigenvalue weighted by atomic mass is 9.97. The molecule has 1 unspecified atom stereocenters. The van der Waals surface area contributed by atoms with Crippen molar-refractivity contribution in [3.8, 4) is 0 Å². The molecule has 0 aliphatic heterocycles. The van der Waals surface area contributed by atoms with Gasteiger partial charge >= 0.3 is 5.97 Å². The molecule has 0 saturated heterocycles. The van der Waals surface area contributed by atoms with Gasteiger partial charge in [-0.25, -0.2) is 8.42 Å². The summed E-state index contributed by atoms with van der Waals surface area (Å²) < 4.78 is 32.4. The summed E-state index contributed by atoms with van der Waals surface area (Å²) in [7, 11) is -3.24. The Hall–Kier alpha value is -1.44. The minimum absolute atomic E-state index is 0.0561. The van der Waals surface area contributed by atoms with E-state index in [0.29, 0.717) is 6.42 Å². The van der Waals surface area contributed by atoms with Crippen LogP contribution in [-0.4, -0.2) is 37.4 Å². The highest BCUT2D eigenvalue weighted by Gasteiger charge is 2.29. The number of esters is 1. The number of hydrogen-bond acceptors (Lipinski definition) is 7. The molecule has 0 aliphatic carbocycles. The van der Waals surface area contributed by atoms with Crippen LogP contribution in [-0.2, 0) is 25.1 Å². The molecular formula is C12H20N2O5S. The molecule has 1 atom stereocenters. The summed E-state index contributed by atoms with van der Waals surface area (Å²) in [5.74, 6) is -1.01. The van der Waals surface area contributed by atoms with E-state index >= 15 is 0 Å². The highest BCUT2D eigenvalue weighted by molar-refractivity contribution is 7.89. The van der Waals surface area contributed by atoms with E-state index in [9.17, 15) is 13.2 Å². The Bertz CT molecular complexity index is 550. The van der Waals surface area contributed by atoms with E-state index in [0.717, 1.165) is 6.26 Å². The number of ether oxygens (including phenoxy) is 1. The molecule has 0 radical (unpaired) electrons. The van der Waals surface area contributed by atoms with Crippen molar-refractivity contribution in [2.24, 2.45) is 5.92 Å². The molecule has 1 aromatic heterocycles. The third-order valence-electron chi connectivity index (χ3n) is 2.45. The van der Waals surface area contributed by atoms with E-state index < -0.39 is 21.7 Å². The quantitative estimate of drug-likeness (QED) is 0.700. The first-order valence-corrected chi connectivity index (χ1v) is 8.45. The zero-order valence-electron chi connectivity index (χ0n) is 12.1.